The highest BCUT2D eigenvalue weighted by Crippen LogP contribution is 2.20. The summed E-state index contributed by atoms with van der Waals surface area (Å²) < 4.78 is 13.7. The van der Waals surface area contributed by atoms with Crippen LogP contribution in [0.15, 0.2) is 41.1 Å². The van der Waals surface area contributed by atoms with Crippen LogP contribution in [0.4, 0.5) is 10.1 Å². The summed E-state index contributed by atoms with van der Waals surface area (Å²) in [6.07, 6.45) is 1.67. The van der Waals surface area contributed by atoms with Crippen LogP contribution in [0.1, 0.15) is 5.56 Å². The second kappa shape index (κ2) is 5.14. The Morgan fingerprint density at radius 1 is 1.35 bits per heavy atom. The number of nitrogens with one attached hydrogen (secondary N) is 1. The number of hydrogen-bond donors (Lipinski definition) is 2. The Labute approximate surface area is 106 Å². The average Bonchev–Trinajstić information content (AvgIpc) is 2.27. The lowest BCUT2D eigenvalue weighted by molar-refractivity contribution is 0.468. The van der Waals surface area contributed by atoms with Crippen LogP contribution in [0, 0.1) is 5.82 Å². The third-order valence-corrected chi connectivity index (χ3v) is 2.82. The third-order valence-electron chi connectivity index (χ3n) is 2.18. The van der Waals surface area contributed by atoms with Crippen LogP contribution in [0.2, 0.25) is 0 Å². The summed E-state index contributed by atoms with van der Waals surface area (Å²) in [5.41, 5.74) is 1.48. The smallest absolute Gasteiger partial charge is 0.129 e. The third kappa shape index (κ3) is 3.17. The molecule has 1 aromatic heterocycles. The fourth-order valence-electron chi connectivity index (χ4n) is 1.45. The van der Waals surface area contributed by atoms with E-state index in [0.29, 0.717) is 16.7 Å². The normalized spacial score (nSPS) is 10.2. The standard InChI is InChI=1S/C12H10BrFN2O/c13-12-11(2-1-3-15-12)16-7-8-4-9(14)6-10(17)5-8/h1-6,16-17H,7H2. The van der Waals surface area contributed by atoms with E-state index in [2.05, 4.69) is 26.2 Å². The van der Waals surface area contributed by atoms with Crippen LogP contribution in [0.5, 0.6) is 5.75 Å². The van der Waals surface area contributed by atoms with Gasteiger partial charge in [-0.05, 0) is 45.8 Å². The van der Waals surface area contributed by atoms with E-state index in [0.717, 1.165) is 11.8 Å². The molecule has 88 valence electrons. The summed E-state index contributed by atoms with van der Waals surface area (Å²) in [5, 5.41) is 12.4. The van der Waals surface area contributed by atoms with Crippen LogP contribution in [0.25, 0.3) is 0 Å². The second-order valence-corrected chi connectivity index (χ2v) is 4.26. The van der Waals surface area contributed by atoms with Crippen LogP contribution in [0.3, 0.4) is 0 Å². The Morgan fingerprint density at radius 2 is 2.18 bits per heavy atom. The highest BCUT2D eigenvalue weighted by molar-refractivity contribution is 9.10. The Kier molecular flexibility index (Phi) is 3.58. The molecule has 1 heterocycles. The fraction of sp³-hybridized carbons (Fsp3) is 0.0833. The van der Waals surface area contributed by atoms with Gasteiger partial charge in [0.25, 0.3) is 0 Å². The number of benzene rings is 1. The predicted octanol–water partition coefficient (Wildman–Crippen LogP) is 3.30. The second-order valence-electron chi connectivity index (χ2n) is 3.51. The van der Waals surface area contributed by atoms with Gasteiger partial charge in [0.15, 0.2) is 0 Å². The van der Waals surface area contributed by atoms with E-state index in [-0.39, 0.29) is 5.75 Å². The molecule has 5 heteroatoms. The zero-order chi connectivity index (χ0) is 12.3. The molecule has 0 saturated heterocycles. The van der Waals surface area contributed by atoms with Crippen molar-refractivity contribution in [2.75, 3.05) is 5.32 Å². The van der Waals surface area contributed by atoms with E-state index in [4.69, 9.17) is 0 Å². The molecule has 0 radical (unpaired) electrons. The molecule has 2 N–H and O–H groups in total. The van der Waals surface area contributed by atoms with Gasteiger partial charge in [0.2, 0.25) is 0 Å². The number of nitrogens with zero attached hydrogens (tertiary/aromatic N) is 1. The zero-order valence-corrected chi connectivity index (χ0v) is 10.4. The van der Waals surface area contributed by atoms with E-state index >= 15 is 0 Å². The molecule has 1 aromatic carbocycles. The molecule has 0 aliphatic rings. The minimum atomic E-state index is -0.452. The number of phenolic OH excluding ortho intramolecular Hbond substituents is 1. The molecule has 0 unspecified atom stereocenters. The van der Waals surface area contributed by atoms with Gasteiger partial charge in [-0.2, -0.15) is 0 Å². The predicted molar refractivity (Wildman–Crippen MR) is 67.3 cm³/mol. The van der Waals surface area contributed by atoms with Gasteiger partial charge in [-0.15, -0.1) is 0 Å². The highest BCUT2D eigenvalue weighted by Gasteiger charge is 2.02. The van der Waals surface area contributed by atoms with Crippen LogP contribution in [-0.4, -0.2) is 10.1 Å². The molecular formula is C12H10BrFN2O. The van der Waals surface area contributed by atoms with Gasteiger partial charge in [-0.3, -0.25) is 0 Å². The molecule has 2 aromatic rings. The maximum absolute atomic E-state index is 13.0. The van der Waals surface area contributed by atoms with Crippen molar-refractivity contribution in [1.82, 2.24) is 4.98 Å². The number of aromatic nitrogens is 1. The molecule has 0 aliphatic heterocycles. The Balaban J connectivity index is 2.10. The molecule has 3 nitrogen and oxygen atoms in total. The first-order valence-corrected chi connectivity index (χ1v) is 5.77. The average molecular weight is 297 g/mol. The van der Waals surface area contributed by atoms with Crippen LogP contribution >= 0.6 is 15.9 Å². The topological polar surface area (TPSA) is 45.1 Å². The van der Waals surface area contributed by atoms with Crippen molar-refractivity contribution in [2.24, 2.45) is 0 Å². The zero-order valence-electron chi connectivity index (χ0n) is 8.82. The van der Waals surface area contributed by atoms with Gasteiger partial charge >= 0.3 is 0 Å². The number of hydrogen-bond acceptors (Lipinski definition) is 3. The summed E-state index contributed by atoms with van der Waals surface area (Å²) in [5.74, 6) is -0.529. The number of rotatable bonds is 3. The van der Waals surface area contributed by atoms with Gasteiger partial charge < -0.3 is 10.4 Å². The number of phenols is 1. The van der Waals surface area contributed by atoms with Gasteiger partial charge in [0.1, 0.15) is 16.2 Å². The largest absolute Gasteiger partial charge is 0.508 e. The first-order chi connectivity index (χ1) is 8.15. The van der Waals surface area contributed by atoms with Crippen molar-refractivity contribution in [2.45, 2.75) is 6.54 Å². The van der Waals surface area contributed by atoms with E-state index < -0.39 is 5.82 Å². The quantitative estimate of drug-likeness (QED) is 0.854. The number of anilines is 1. The van der Waals surface area contributed by atoms with Crippen molar-refractivity contribution in [3.8, 4) is 5.75 Å². The van der Waals surface area contributed by atoms with Gasteiger partial charge in [-0.25, -0.2) is 9.37 Å². The molecule has 0 amide bonds. The Morgan fingerprint density at radius 3 is 2.88 bits per heavy atom. The summed E-state index contributed by atoms with van der Waals surface area (Å²) in [6.45, 7) is 0.412. The van der Waals surface area contributed by atoms with Gasteiger partial charge in [0.05, 0.1) is 5.69 Å². The minimum absolute atomic E-state index is 0.0768. The molecule has 0 saturated carbocycles. The Bertz CT molecular complexity index is 513. The number of halogens is 2. The van der Waals surface area contributed by atoms with Crippen LogP contribution in [-0.2, 0) is 6.54 Å². The first kappa shape index (κ1) is 11.9. The number of pyridine rings is 1. The Hall–Kier alpha value is -1.62. The summed E-state index contributed by atoms with van der Waals surface area (Å²) in [7, 11) is 0. The van der Waals surface area contributed by atoms with Crippen LogP contribution < -0.4 is 5.32 Å². The SMILES string of the molecule is Oc1cc(F)cc(CNc2cccnc2Br)c1. The summed E-state index contributed by atoms with van der Waals surface area (Å²) in [4.78, 5) is 4.06. The van der Waals surface area contributed by atoms with Crippen molar-refractivity contribution in [3.05, 3.63) is 52.5 Å². The highest BCUT2D eigenvalue weighted by atomic mass is 79.9. The lowest BCUT2D eigenvalue weighted by Gasteiger charge is -2.08. The lowest BCUT2D eigenvalue weighted by Crippen LogP contribution is -2.01. The molecule has 17 heavy (non-hydrogen) atoms. The van der Waals surface area contributed by atoms with Crippen molar-refractivity contribution < 1.29 is 9.50 Å². The van der Waals surface area contributed by atoms with E-state index in [1.54, 1.807) is 12.3 Å². The molecule has 0 aliphatic carbocycles. The maximum atomic E-state index is 13.0. The lowest BCUT2D eigenvalue weighted by atomic mass is 10.2. The summed E-state index contributed by atoms with van der Waals surface area (Å²) >= 11 is 3.30. The minimum Gasteiger partial charge on any atom is -0.508 e. The van der Waals surface area contributed by atoms with Gasteiger partial charge in [0, 0.05) is 18.8 Å². The van der Waals surface area contributed by atoms with Crippen molar-refractivity contribution in [3.63, 3.8) is 0 Å². The fourth-order valence-corrected chi connectivity index (χ4v) is 1.84. The molecular weight excluding hydrogens is 287 g/mol. The van der Waals surface area contributed by atoms with Gasteiger partial charge in [-0.1, -0.05) is 0 Å². The first-order valence-electron chi connectivity index (χ1n) is 4.98. The molecule has 0 bridgehead atoms. The number of aromatic hydroxyl groups is 1. The van der Waals surface area contributed by atoms with E-state index in [9.17, 15) is 9.50 Å². The monoisotopic (exact) mass is 296 g/mol. The van der Waals surface area contributed by atoms with Crippen molar-refractivity contribution >= 4 is 21.6 Å². The maximum Gasteiger partial charge on any atom is 0.129 e. The van der Waals surface area contributed by atoms with E-state index in [1.165, 1.54) is 12.1 Å². The molecule has 0 spiro atoms. The van der Waals surface area contributed by atoms with Crippen molar-refractivity contribution in [1.29, 1.82) is 0 Å². The molecule has 0 fully saturated rings. The molecule has 0 atom stereocenters. The van der Waals surface area contributed by atoms with E-state index in [1.807, 2.05) is 6.07 Å². The molecule has 2 rings (SSSR count). The summed E-state index contributed by atoms with van der Waals surface area (Å²) in [6, 6.07) is 7.62.